The number of hydrogen-bond donors (Lipinski definition) is 1. The van der Waals surface area contributed by atoms with Crippen LogP contribution < -0.4 is 4.74 Å². The molecule has 1 aromatic rings. The summed E-state index contributed by atoms with van der Waals surface area (Å²) in [6.45, 7) is 0.662. The number of amides is 1. The number of nitrogens with zero attached hydrogens (tertiary/aromatic N) is 1. The Balaban J connectivity index is 1.90. The minimum atomic E-state index is -0.847. The highest BCUT2D eigenvalue weighted by molar-refractivity contribution is 8.00. The van der Waals surface area contributed by atoms with Gasteiger partial charge in [0.25, 0.3) is 0 Å². The van der Waals surface area contributed by atoms with Crippen LogP contribution in [0.15, 0.2) is 29.2 Å². The minimum absolute atomic E-state index is 0.00608. The first-order valence-corrected chi connectivity index (χ1v) is 7.87. The molecule has 2 rings (SSSR count). The molecule has 6 heteroatoms. The Hall–Kier alpha value is -1.69. The highest BCUT2D eigenvalue weighted by Crippen LogP contribution is 2.25. The first-order chi connectivity index (χ1) is 10.1. The quantitative estimate of drug-likeness (QED) is 0.816. The molecule has 21 heavy (non-hydrogen) atoms. The normalized spacial score (nSPS) is 17.8. The van der Waals surface area contributed by atoms with Crippen LogP contribution in [0.4, 0.5) is 0 Å². The van der Waals surface area contributed by atoms with Crippen molar-refractivity contribution in [2.75, 3.05) is 19.4 Å². The van der Waals surface area contributed by atoms with Crippen molar-refractivity contribution in [2.45, 2.75) is 30.2 Å². The summed E-state index contributed by atoms with van der Waals surface area (Å²) < 4.78 is 5.15. The molecule has 0 aromatic heterocycles. The van der Waals surface area contributed by atoms with Gasteiger partial charge >= 0.3 is 5.97 Å². The van der Waals surface area contributed by atoms with Crippen molar-refractivity contribution in [1.82, 2.24) is 4.90 Å². The summed E-state index contributed by atoms with van der Waals surface area (Å²) in [5.74, 6) is 0.243. The predicted octanol–water partition coefficient (Wildman–Crippen LogP) is 2.25. The van der Waals surface area contributed by atoms with E-state index in [-0.39, 0.29) is 18.4 Å². The van der Waals surface area contributed by atoms with E-state index in [0.717, 1.165) is 23.5 Å². The third kappa shape index (κ3) is 4.39. The number of thioether (sulfide) groups is 1. The molecular formula is C15H19NO4S. The van der Waals surface area contributed by atoms with E-state index in [1.54, 1.807) is 12.0 Å². The van der Waals surface area contributed by atoms with E-state index in [1.165, 1.54) is 11.8 Å². The molecule has 0 bridgehead atoms. The lowest BCUT2D eigenvalue weighted by molar-refractivity contribution is -0.139. The second-order valence-corrected chi connectivity index (χ2v) is 6.00. The summed E-state index contributed by atoms with van der Waals surface area (Å²) in [6.07, 6.45) is 1.70. The van der Waals surface area contributed by atoms with Crippen molar-refractivity contribution < 1.29 is 19.4 Å². The molecule has 5 nitrogen and oxygen atoms in total. The summed E-state index contributed by atoms with van der Waals surface area (Å²) in [4.78, 5) is 25.7. The summed E-state index contributed by atoms with van der Waals surface area (Å²) in [5, 5.41) is 8.88. The van der Waals surface area contributed by atoms with Gasteiger partial charge in [0, 0.05) is 17.5 Å². The number of carboxylic acid groups (broad SMARTS) is 1. The fourth-order valence-corrected chi connectivity index (χ4v) is 3.33. The van der Waals surface area contributed by atoms with Crippen LogP contribution in [-0.2, 0) is 9.59 Å². The molecule has 1 aromatic carbocycles. The maximum Gasteiger partial charge on any atom is 0.305 e. The number of benzene rings is 1. The van der Waals surface area contributed by atoms with E-state index in [2.05, 4.69) is 0 Å². The molecule has 1 saturated heterocycles. The molecule has 1 atom stereocenters. The lowest BCUT2D eigenvalue weighted by atomic mass is 10.1. The summed E-state index contributed by atoms with van der Waals surface area (Å²) in [6, 6.07) is 7.40. The number of ether oxygens (including phenoxy) is 1. The van der Waals surface area contributed by atoms with E-state index in [1.807, 2.05) is 24.3 Å². The maximum absolute atomic E-state index is 12.2. The first kappa shape index (κ1) is 15.7. The topological polar surface area (TPSA) is 66.8 Å². The molecule has 0 aliphatic carbocycles. The van der Waals surface area contributed by atoms with Crippen LogP contribution in [0.25, 0.3) is 0 Å². The average Bonchev–Trinajstić information content (AvgIpc) is 2.92. The number of likely N-dealkylation sites (tertiary alicyclic amines) is 1. The highest BCUT2D eigenvalue weighted by Gasteiger charge is 2.30. The summed E-state index contributed by atoms with van der Waals surface area (Å²) in [7, 11) is 1.61. The van der Waals surface area contributed by atoms with Gasteiger partial charge in [-0.3, -0.25) is 9.59 Å². The van der Waals surface area contributed by atoms with Gasteiger partial charge < -0.3 is 14.7 Å². The number of hydrogen-bond acceptors (Lipinski definition) is 4. The van der Waals surface area contributed by atoms with Gasteiger partial charge in [0.15, 0.2) is 0 Å². The Labute approximate surface area is 128 Å². The largest absolute Gasteiger partial charge is 0.497 e. The molecule has 0 saturated carbocycles. The molecule has 114 valence electrons. The van der Waals surface area contributed by atoms with Crippen LogP contribution in [0.1, 0.15) is 19.3 Å². The van der Waals surface area contributed by atoms with Gasteiger partial charge in [-0.2, -0.15) is 0 Å². The van der Waals surface area contributed by atoms with Crippen LogP contribution in [0.5, 0.6) is 5.75 Å². The van der Waals surface area contributed by atoms with Crippen LogP contribution in [0.3, 0.4) is 0 Å². The van der Waals surface area contributed by atoms with Gasteiger partial charge in [-0.25, -0.2) is 0 Å². The molecule has 1 amide bonds. The number of carbonyl (C=O) groups is 2. The SMILES string of the molecule is COc1cccc(SCC(=O)N2CCCC2CC(=O)O)c1. The molecule has 1 fully saturated rings. The van der Waals surface area contributed by atoms with Gasteiger partial charge in [-0.05, 0) is 31.0 Å². The van der Waals surface area contributed by atoms with Crippen molar-refractivity contribution in [3.63, 3.8) is 0 Å². The van der Waals surface area contributed by atoms with Crippen molar-refractivity contribution in [3.8, 4) is 5.75 Å². The van der Waals surface area contributed by atoms with Crippen LogP contribution in [0, 0.1) is 0 Å². The van der Waals surface area contributed by atoms with Gasteiger partial charge in [0.2, 0.25) is 5.91 Å². The zero-order valence-corrected chi connectivity index (χ0v) is 12.8. The second kappa shape index (κ2) is 7.36. The molecule has 0 spiro atoms. The van der Waals surface area contributed by atoms with Gasteiger partial charge in [-0.15, -0.1) is 11.8 Å². The zero-order chi connectivity index (χ0) is 15.2. The van der Waals surface area contributed by atoms with E-state index in [9.17, 15) is 9.59 Å². The summed E-state index contributed by atoms with van der Waals surface area (Å²) >= 11 is 1.45. The Morgan fingerprint density at radius 3 is 3.00 bits per heavy atom. The second-order valence-electron chi connectivity index (χ2n) is 4.95. The summed E-state index contributed by atoms with van der Waals surface area (Å²) in [5.41, 5.74) is 0. The van der Waals surface area contributed by atoms with E-state index in [4.69, 9.17) is 9.84 Å². The van der Waals surface area contributed by atoms with Crippen LogP contribution in [-0.4, -0.2) is 47.3 Å². The zero-order valence-electron chi connectivity index (χ0n) is 11.9. The third-order valence-electron chi connectivity index (χ3n) is 3.51. The Morgan fingerprint density at radius 2 is 2.29 bits per heavy atom. The smallest absolute Gasteiger partial charge is 0.305 e. The average molecular weight is 309 g/mol. The van der Waals surface area contributed by atoms with E-state index in [0.29, 0.717) is 12.3 Å². The number of carboxylic acids is 1. The lowest BCUT2D eigenvalue weighted by Gasteiger charge is -2.23. The van der Waals surface area contributed by atoms with E-state index < -0.39 is 5.97 Å². The Bertz CT molecular complexity index is 520. The van der Waals surface area contributed by atoms with Gasteiger partial charge in [0.1, 0.15) is 5.75 Å². The number of aliphatic carboxylic acids is 1. The van der Waals surface area contributed by atoms with Gasteiger partial charge in [-0.1, -0.05) is 6.07 Å². The fourth-order valence-electron chi connectivity index (χ4n) is 2.50. The van der Waals surface area contributed by atoms with Crippen molar-refractivity contribution in [2.24, 2.45) is 0 Å². The van der Waals surface area contributed by atoms with Crippen molar-refractivity contribution >= 4 is 23.6 Å². The van der Waals surface area contributed by atoms with E-state index >= 15 is 0 Å². The molecule has 1 aliphatic heterocycles. The number of carbonyl (C=O) groups excluding carboxylic acids is 1. The monoisotopic (exact) mass is 309 g/mol. The molecule has 1 aliphatic rings. The lowest BCUT2D eigenvalue weighted by Crippen LogP contribution is -2.37. The fraction of sp³-hybridized carbons (Fsp3) is 0.467. The Morgan fingerprint density at radius 1 is 1.48 bits per heavy atom. The standard InChI is InChI=1S/C15H19NO4S/c1-20-12-5-2-6-13(9-12)21-10-14(17)16-7-3-4-11(16)8-15(18)19/h2,5-6,9,11H,3-4,7-8,10H2,1H3,(H,18,19). The molecule has 1 unspecified atom stereocenters. The van der Waals surface area contributed by atoms with Crippen molar-refractivity contribution in [1.29, 1.82) is 0 Å². The van der Waals surface area contributed by atoms with Crippen molar-refractivity contribution in [3.05, 3.63) is 24.3 Å². The first-order valence-electron chi connectivity index (χ1n) is 6.88. The van der Waals surface area contributed by atoms with Crippen LogP contribution in [0.2, 0.25) is 0 Å². The number of methoxy groups -OCH3 is 1. The molecule has 1 N–H and O–H groups in total. The van der Waals surface area contributed by atoms with Gasteiger partial charge in [0.05, 0.1) is 19.3 Å². The highest BCUT2D eigenvalue weighted by atomic mass is 32.2. The minimum Gasteiger partial charge on any atom is -0.497 e. The molecular weight excluding hydrogens is 290 g/mol. The third-order valence-corrected chi connectivity index (χ3v) is 4.49. The Kier molecular flexibility index (Phi) is 5.50. The molecule has 0 radical (unpaired) electrons. The van der Waals surface area contributed by atoms with Crippen LogP contribution >= 0.6 is 11.8 Å². The molecule has 1 heterocycles. The predicted molar refractivity (Wildman–Crippen MR) is 80.7 cm³/mol. The maximum atomic E-state index is 12.2. The number of rotatable bonds is 6.